The predicted octanol–water partition coefficient (Wildman–Crippen LogP) is 4.32. The number of carbonyl (C=O) groups is 1. The molecule has 0 spiro atoms. The number of fused-ring (bicyclic) bond motifs is 1. The molecule has 13 heteroatoms. The average molecular weight is 529 g/mol. The van der Waals surface area contributed by atoms with Gasteiger partial charge in [-0.25, -0.2) is 4.39 Å². The molecule has 38 heavy (non-hydrogen) atoms. The fraction of sp³-hybridized carbons (Fsp3) is 0.320. The number of carbonyl (C=O) groups excluding carboxylic acids is 1. The van der Waals surface area contributed by atoms with Crippen molar-refractivity contribution in [1.29, 1.82) is 0 Å². The molecule has 0 aliphatic carbocycles. The molecule has 3 aromatic heterocycles. The van der Waals surface area contributed by atoms with Crippen LogP contribution in [0.4, 0.5) is 23.2 Å². The van der Waals surface area contributed by atoms with Gasteiger partial charge >= 0.3 is 6.18 Å². The second-order valence-electron chi connectivity index (χ2n) is 8.93. The number of piperidine rings is 1. The van der Waals surface area contributed by atoms with Gasteiger partial charge in [0.2, 0.25) is 11.7 Å². The van der Waals surface area contributed by atoms with Crippen LogP contribution in [0.25, 0.3) is 22.4 Å². The molecule has 1 aliphatic rings. The number of pyridine rings is 1. The van der Waals surface area contributed by atoms with E-state index in [1.165, 1.54) is 24.4 Å². The molecular weight excluding hydrogens is 506 g/mol. The maximum atomic E-state index is 14.6. The Bertz CT molecular complexity index is 1480. The highest BCUT2D eigenvalue weighted by Crippen LogP contribution is 2.35. The van der Waals surface area contributed by atoms with Gasteiger partial charge in [0.05, 0.1) is 29.2 Å². The van der Waals surface area contributed by atoms with Gasteiger partial charge in [0.1, 0.15) is 12.2 Å². The van der Waals surface area contributed by atoms with Crippen LogP contribution in [0.1, 0.15) is 22.8 Å². The van der Waals surface area contributed by atoms with Crippen molar-refractivity contribution in [1.82, 2.24) is 29.9 Å². The number of hydrogen-bond acceptors (Lipinski definition) is 7. The highest BCUT2D eigenvalue weighted by molar-refractivity contribution is 5.99. The first-order valence-electron chi connectivity index (χ1n) is 11.8. The number of hydrogen-bond donors (Lipinski definition) is 1. The maximum Gasteiger partial charge on any atom is 0.406 e. The lowest BCUT2D eigenvalue weighted by Crippen LogP contribution is -2.39. The first-order valence-corrected chi connectivity index (χ1v) is 11.8. The number of halogens is 4. The number of likely N-dealkylation sites (tertiary alicyclic amines) is 1. The zero-order valence-corrected chi connectivity index (χ0v) is 20.2. The third-order valence-electron chi connectivity index (χ3n) is 6.10. The maximum absolute atomic E-state index is 14.6. The zero-order chi connectivity index (χ0) is 26.9. The minimum Gasteiger partial charge on any atom is -0.342 e. The quantitative estimate of drug-likeness (QED) is 0.374. The monoisotopic (exact) mass is 529 g/mol. The van der Waals surface area contributed by atoms with Gasteiger partial charge in [-0.15, -0.1) is 0 Å². The molecule has 1 fully saturated rings. The summed E-state index contributed by atoms with van der Waals surface area (Å²) in [6, 6.07) is 11.1. The fourth-order valence-corrected chi connectivity index (χ4v) is 4.29. The molecule has 4 aromatic rings. The van der Waals surface area contributed by atoms with E-state index in [2.05, 4.69) is 25.4 Å². The van der Waals surface area contributed by atoms with Crippen LogP contribution in [0.15, 0.2) is 58.2 Å². The summed E-state index contributed by atoms with van der Waals surface area (Å²) in [5.41, 5.74) is 1.20. The molecule has 9 nitrogen and oxygen atoms in total. The molecule has 1 saturated heterocycles. The second-order valence-corrected chi connectivity index (χ2v) is 8.93. The van der Waals surface area contributed by atoms with Crippen molar-refractivity contribution in [2.45, 2.75) is 31.9 Å². The molecule has 4 heterocycles. The third kappa shape index (κ3) is 5.57. The Morgan fingerprint density at radius 3 is 2.82 bits per heavy atom. The Labute approximate surface area is 214 Å². The van der Waals surface area contributed by atoms with E-state index in [0.29, 0.717) is 29.8 Å². The molecule has 198 valence electrons. The number of aromatic nitrogens is 4. The van der Waals surface area contributed by atoms with Crippen molar-refractivity contribution in [2.24, 2.45) is 4.99 Å². The van der Waals surface area contributed by atoms with Gasteiger partial charge in [0.15, 0.2) is 6.17 Å². The van der Waals surface area contributed by atoms with Gasteiger partial charge in [0, 0.05) is 31.1 Å². The van der Waals surface area contributed by atoms with Crippen LogP contribution in [0.5, 0.6) is 0 Å². The lowest BCUT2D eigenvalue weighted by Gasteiger charge is -2.26. The summed E-state index contributed by atoms with van der Waals surface area (Å²) in [5, 5.41) is 6.83. The van der Waals surface area contributed by atoms with Crippen molar-refractivity contribution >= 4 is 28.2 Å². The highest BCUT2D eigenvalue weighted by Gasteiger charge is 2.31. The van der Waals surface area contributed by atoms with Crippen molar-refractivity contribution < 1.29 is 26.9 Å². The lowest BCUT2D eigenvalue weighted by atomic mass is 10.1. The summed E-state index contributed by atoms with van der Waals surface area (Å²) >= 11 is 0. The first kappa shape index (κ1) is 25.5. The molecule has 0 bridgehead atoms. The van der Waals surface area contributed by atoms with Crippen LogP contribution < -0.4 is 5.32 Å². The minimum atomic E-state index is -4.54. The van der Waals surface area contributed by atoms with Gasteiger partial charge < -0.3 is 19.3 Å². The minimum absolute atomic E-state index is 0.000147. The van der Waals surface area contributed by atoms with Gasteiger partial charge in [-0.05, 0) is 37.4 Å². The molecule has 0 saturated carbocycles. The number of nitrogens with zero attached hydrogens (tertiary/aromatic N) is 6. The van der Waals surface area contributed by atoms with Crippen molar-refractivity contribution in [2.75, 3.05) is 20.1 Å². The molecule has 1 atom stereocenters. The van der Waals surface area contributed by atoms with E-state index in [4.69, 9.17) is 4.52 Å². The Morgan fingerprint density at radius 2 is 2.08 bits per heavy atom. The predicted molar refractivity (Wildman–Crippen MR) is 131 cm³/mol. The van der Waals surface area contributed by atoms with Crippen LogP contribution in [0.2, 0.25) is 0 Å². The van der Waals surface area contributed by atoms with Crippen molar-refractivity contribution in [3.63, 3.8) is 0 Å². The zero-order valence-electron chi connectivity index (χ0n) is 20.2. The summed E-state index contributed by atoms with van der Waals surface area (Å²) in [4.78, 5) is 26.7. The number of aliphatic imine (C=N–C) groups is 1. The molecular formula is C25H23F4N7O2. The van der Waals surface area contributed by atoms with Gasteiger partial charge in [-0.2, -0.15) is 18.2 Å². The van der Waals surface area contributed by atoms with Crippen LogP contribution in [0, 0.1) is 0 Å². The van der Waals surface area contributed by atoms with E-state index in [0.717, 1.165) is 4.57 Å². The molecule has 1 aromatic carbocycles. The summed E-state index contributed by atoms with van der Waals surface area (Å²) in [5.74, 6) is -0.561. The molecule has 5 rings (SSSR count). The van der Waals surface area contributed by atoms with Crippen LogP contribution in [0.3, 0.4) is 0 Å². The van der Waals surface area contributed by atoms with Gasteiger partial charge in [-0.3, -0.25) is 14.8 Å². The number of nitrogens with one attached hydrogen (secondary N) is 1. The van der Waals surface area contributed by atoms with Gasteiger partial charge in [0.25, 0.3) is 5.91 Å². The Balaban J connectivity index is 1.48. The topological polar surface area (TPSA) is 101 Å². The molecule has 1 N–H and O–H groups in total. The normalized spacial score (nSPS) is 17.8. The summed E-state index contributed by atoms with van der Waals surface area (Å²) in [6.45, 7) is -0.606. The fourth-order valence-electron chi connectivity index (χ4n) is 4.29. The van der Waals surface area contributed by atoms with Crippen LogP contribution >= 0.6 is 0 Å². The van der Waals surface area contributed by atoms with E-state index in [-0.39, 0.29) is 41.7 Å². The van der Waals surface area contributed by atoms with E-state index >= 15 is 0 Å². The average Bonchev–Trinajstić information content (AvgIpc) is 3.49. The molecule has 0 unspecified atom stereocenters. The number of benzene rings is 1. The second kappa shape index (κ2) is 10.3. The highest BCUT2D eigenvalue weighted by atomic mass is 19.4. The SMILES string of the molecule is CN1CCC(=Nc2cccc3c2cc(-c2noc(CNC(=O)c4ccccn4)n2)n3CC(F)(F)F)[C@@H](F)C1. The summed E-state index contributed by atoms with van der Waals surface area (Å²) in [6.07, 6.45) is -3.91. The molecule has 0 radical (unpaired) electrons. The van der Waals surface area contributed by atoms with E-state index < -0.39 is 24.8 Å². The Kier molecular flexibility index (Phi) is 6.93. The van der Waals surface area contributed by atoms with E-state index in [1.807, 2.05) is 11.9 Å². The molecule has 1 aliphatic heterocycles. The summed E-state index contributed by atoms with van der Waals surface area (Å²) < 4.78 is 61.5. The van der Waals surface area contributed by atoms with Gasteiger partial charge in [-0.1, -0.05) is 17.3 Å². The van der Waals surface area contributed by atoms with E-state index in [9.17, 15) is 22.4 Å². The third-order valence-corrected chi connectivity index (χ3v) is 6.10. The first-order chi connectivity index (χ1) is 18.2. The van der Waals surface area contributed by atoms with Crippen LogP contribution in [-0.4, -0.2) is 68.7 Å². The Hall–Kier alpha value is -4.13. The molecule has 1 amide bonds. The standard InChI is InChI=1S/C25H23F4N7O2/c1-35-10-8-18(16(26)13-35)32-17-6-4-7-20-15(17)11-21(36(20)14-25(27,28)29)23-33-22(38-34-23)12-31-24(37)19-5-2-3-9-30-19/h2-7,9,11,16H,8,10,12-14H2,1H3,(H,31,37)/t16-/m0/s1. The number of amides is 1. The Morgan fingerprint density at radius 1 is 1.24 bits per heavy atom. The van der Waals surface area contributed by atoms with Crippen molar-refractivity contribution in [3.8, 4) is 11.5 Å². The van der Waals surface area contributed by atoms with Crippen LogP contribution in [-0.2, 0) is 13.1 Å². The smallest absolute Gasteiger partial charge is 0.342 e. The largest absolute Gasteiger partial charge is 0.406 e. The lowest BCUT2D eigenvalue weighted by molar-refractivity contribution is -0.139. The van der Waals surface area contributed by atoms with E-state index in [1.54, 1.807) is 24.3 Å². The number of alkyl halides is 4. The summed E-state index contributed by atoms with van der Waals surface area (Å²) in [7, 11) is 1.82. The van der Waals surface area contributed by atoms with Crippen molar-refractivity contribution in [3.05, 3.63) is 60.2 Å². The number of rotatable bonds is 6.